The summed E-state index contributed by atoms with van der Waals surface area (Å²) in [4.78, 5) is 11.9. The van der Waals surface area contributed by atoms with Crippen LogP contribution in [0.1, 0.15) is 16.1 Å². The lowest BCUT2D eigenvalue weighted by Crippen LogP contribution is -2.11. The normalized spacial score (nSPS) is 10.1. The van der Waals surface area contributed by atoms with Crippen LogP contribution in [0, 0.1) is 18.5 Å². The summed E-state index contributed by atoms with van der Waals surface area (Å²) in [6, 6.07) is 7.77. The van der Waals surface area contributed by atoms with Gasteiger partial charge in [-0.05, 0) is 63.4 Å². The lowest BCUT2D eigenvalue weighted by atomic mass is 10.2. The summed E-state index contributed by atoms with van der Waals surface area (Å²) in [7, 11) is 1.28. The van der Waals surface area contributed by atoms with Crippen LogP contribution in [0.15, 0.2) is 24.4 Å². The lowest BCUT2D eigenvalue weighted by molar-refractivity contribution is 0.0593. The molecule has 0 spiro atoms. The van der Waals surface area contributed by atoms with E-state index in [2.05, 4.69) is 45.2 Å². The van der Waals surface area contributed by atoms with Gasteiger partial charge in [-0.1, -0.05) is 0 Å². The molecule has 0 aliphatic carbocycles. The number of rotatable bonds is 2. The average molecular weight is 493 g/mol. The Labute approximate surface area is 143 Å². The van der Waals surface area contributed by atoms with Gasteiger partial charge in [-0.15, -0.1) is 0 Å². The predicted molar refractivity (Wildman–Crippen MR) is 91.7 cm³/mol. The van der Waals surface area contributed by atoms with Crippen LogP contribution in [-0.2, 0) is 4.74 Å². The van der Waals surface area contributed by atoms with E-state index in [1.54, 1.807) is 10.8 Å². The maximum Gasteiger partial charge on any atom is 0.357 e. The number of hydrogen-bond acceptors (Lipinski definition) is 4. The molecule has 0 bridgehead atoms. The number of benzene rings is 1. The number of nitrogens with zero attached hydrogens (tertiary/aromatic N) is 2. The van der Waals surface area contributed by atoms with Crippen molar-refractivity contribution in [2.75, 3.05) is 12.8 Å². The molecule has 102 valence electrons. The van der Waals surface area contributed by atoms with Crippen molar-refractivity contribution >= 4 is 56.8 Å². The third-order valence-corrected chi connectivity index (χ3v) is 3.91. The van der Waals surface area contributed by atoms with E-state index in [0.29, 0.717) is 0 Å². The fourth-order valence-corrected chi connectivity index (χ4v) is 3.70. The van der Waals surface area contributed by atoms with E-state index in [1.807, 2.05) is 24.3 Å². The lowest BCUT2D eigenvalue weighted by Gasteiger charge is -2.09. The highest BCUT2D eigenvalue weighted by molar-refractivity contribution is 14.1. The second-order valence-corrected chi connectivity index (χ2v) is 6.40. The fourth-order valence-electron chi connectivity index (χ4n) is 1.80. The van der Waals surface area contributed by atoms with Gasteiger partial charge in [-0.2, -0.15) is 5.26 Å². The Morgan fingerprint density at radius 1 is 1.35 bits per heavy atom. The van der Waals surface area contributed by atoms with Gasteiger partial charge >= 0.3 is 5.97 Å². The molecule has 0 radical (unpaired) electrons. The first-order valence-corrected chi connectivity index (χ1v) is 7.59. The smallest absolute Gasteiger partial charge is 0.357 e. The number of methoxy groups -OCH3 is 1. The topological polar surface area (TPSA) is 81.0 Å². The van der Waals surface area contributed by atoms with Gasteiger partial charge in [-0.3, -0.25) is 0 Å². The number of nitriles is 1. The largest absolute Gasteiger partial charge is 0.464 e. The van der Waals surface area contributed by atoms with Gasteiger partial charge in [0, 0.05) is 19.0 Å². The highest BCUT2D eigenvalue weighted by atomic mass is 127. The molecule has 0 aliphatic heterocycles. The van der Waals surface area contributed by atoms with Crippen LogP contribution in [0.25, 0.3) is 5.69 Å². The van der Waals surface area contributed by atoms with Crippen LogP contribution in [0.5, 0.6) is 0 Å². The minimum atomic E-state index is -0.571. The zero-order chi connectivity index (χ0) is 14.9. The second-order valence-electron chi connectivity index (χ2n) is 3.91. The summed E-state index contributed by atoms with van der Waals surface area (Å²) < 4.78 is 8.37. The van der Waals surface area contributed by atoms with Crippen LogP contribution in [0.2, 0.25) is 0 Å². The van der Waals surface area contributed by atoms with Crippen molar-refractivity contribution in [3.05, 3.63) is 42.8 Å². The van der Waals surface area contributed by atoms with E-state index < -0.39 is 5.97 Å². The molecule has 0 saturated carbocycles. The van der Waals surface area contributed by atoms with Crippen LogP contribution in [0.3, 0.4) is 0 Å². The molecule has 2 N–H and O–H groups in total. The van der Waals surface area contributed by atoms with E-state index >= 15 is 0 Å². The molecule has 0 amide bonds. The van der Waals surface area contributed by atoms with Crippen LogP contribution in [0.4, 0.5) is 5.69 Å². The van der Waals surface area contributed by atoms with Crippen molar-refractivity contribution < 1.29 is 9.53 Å². The van der Waals surface area contributed by atoms with Gasteiger partial charge < -0.3 is 15.0 Å². The van der Waals surface area contributed by atoms with Gasteiger partial charge in [0.1, 0.15) is 6.07 Å². The number of carbonyl (C=O) groups is 1. The third-order valence-electron chi connectivity index (χ3n) is 2.67. The molecular weight excluding hydrogens is 484 g/mol. The van der Waals surface area contributed by atoms with Crippen molar-refractivity contribution in [3.63, 3.8) is 0 Å². The highest BCUT2D eigenvalue weighted by Gasteiger charge is 2.21. The number of nitrogens with two attached hydrogens (primary N) is 1. The molecule has 0 aliphatic rings. The summed E-state index contributed by atoms with van der Waals surface area (Å²) in [5.74, 6) is -0.571. The first kappa shape index (κ1) is 15.1. The standard InChI is InChI=1S/C13H9I2N3O2/c1-20-13(19)12-11(17)7(5-16)6-18(12)10-3-8(14)2-9(15)4-10/h2-4,6H,17H2,1H3. The molecule has 2 aromatic rings. The number of anilines is 1. The third kappa shape index (κ3) is 2.76. The molecule has 1 aromatic carbocycles. The Kier molecular flexibility index (Phi) is 4.54. The predicted octanol–water partition coefficient (Wildman–Crippen LogP) is 2.93. The number of esters is 1. The van der Waals surface area contributed by atoms with Gasteiger partial charge in [0.05, 0.1) is 18.4 Å². The van der Waals surface area contributed by atoms with Crippen molar-refractivity contribution in [3.8, 4) is 11.8 Å². The maximum absolute atomic E-state index is 11.9. The molecule has 0 fully saturated rings. The molecule has 20 heavy (non-hydrogen) atoms. The maximum atomic E-state index is 11.9. The number of halogens is 2. The van der Waals surface area contributed by atoms with Gasteiger partial charge in [0.15, 0.2) is 5.69 Å². The van der Waals surface area contributed by atoms with Crippen LogP contribution >= 0.6 is 45.2 Å². The first-order valence-electron chi connectivity index (χ1n) is 5.43. The van der Waals surface area contributed by atoms with Gasteiger partial charge in [0.2, 0.25) is 0 Å². The Morgan fingerprint density at radius 2 is 1.95 bits per heavy atom. The fraction of sp³-hybridized carbons (Fsp3) is 0.0769. The number of ether oxygens (including phenoxy) is 1. The molecular formula is C13H9I2N3O2. The van der Waals surface area contributed by atoms with E-state index in [0.717, 1.165) is 12.8 Å². The van der Waals surface area contributed by atoms with Crippen molar-refractivity contribution in [2.45, 2.75) is 0 Å². The first-order chi connectivity index (χ1) is 9.47. The molecule has 0 atom stereocenters. The average Bonchev–Trinajstić information content (AvgIpc) is 2.73. The highest BCUT2D eigenvalue weighted by Crippen LogP contribution is 2.26. The van der Waals surface area contributed by atoms with E-state index in [4.69, 9.17) is 15.7 Å². The zero-order valence-electron chi connectivity index (χ0n) is 10.4. The van der Waals surface area contributed by atoms with E-state index in [9.17, 15) is 4.79 Å². The molecule has 1 aromatic heterocycles. The van der Waals surface area contributed by atoms with Crippen LogP contribution in [-0.4, -0.2) is 17.6 Å². The summed E-state index contributed by atoms with van der Waals surface area (Å²) in [6.45, 7) is 0. The molecule has 2 rings (SSSR count). The van der Waals surface area contributed by atoms with Crippen molar-refractivity contribution in [1.82, 2.24) is 4.57 Å². The van der Waals surface area contributed by atoms with Gasteiger partial charge in [-0.25, -0.2) is 4.79 Å². The summed E-state index contributed by atoms with van der Waals surface area (Å²) in [5.41, 5.74) is 7.17. The van der Waals surface area contributed by atoms with E-state index in [-0.39, 0.29) is 16.9 Å². The van der Waals surface area contributed by atoms with E-state index in [1.165, 1.54) is 7.11 Å². The second kappa shape index (κ2) is 6.01. The Bertz CT molecular complexity index is 712. The summed E-state index contributed by atoms with van der Waals surface area (Å²) in [5, 5.41) is 9.07. The number of carbonyl (C=O) groups excluding carboxylic acids is 1. The minimum absolute atomic E-state index is 0.133. The molecule has 1 heterocycles. The SMILES string of the molecule is COC(=O)c1c(N)c(C#N)cn1-c1cc(I)cc(I)c1. The van der Waals surface area contributed by atoms with Crippen LogP contribution < -0.4 is 5.73 Å². The number of aromatic nitrogens is 1. The molecule has 0 unspecified atom stereocenters. The Balaban J connectivity index is 2.73. The summed E-state index contributed by atoms with van der Waals surface area (Å²) in [6.07, 6.45) is 1.54. The quantitative estimate of drug-likeness (QED) is 0.516. The van der Waals surface area contributed by atoms with Crippen molar-refractivity contribution in [1.29, 1.82) is 5.26 Å². The summed E-state index contributed by atoms with van der Waals surface area (Å²) >= 11 is 4.38. The monoisotopic (exact) mass is 493 g/mol. The zero-order valence-corrected chi connectivity index (χ0v) is 14.7. The van der Waals surface area contributed by atoms with Crippen molar-refractivity contribution in [2.24, 2.45) is 0 Å². The molecule has 7 heteroatoms. The van der Waals surface area contributed by atoms with Gasteiger partial charge in [0.25, 0.3) is 0 Å². The molecule has 5 nitrogen and oxygen atoms in total. The molecule has 0 saturated heterocycles. The number of nitrogen functional groups attached to an aromatic ring is 1. The number of hydrogen-bond donors (Lipinski definition) is 1. The minimum Gasteiger partial charge on any atom is -0.464 e. The Morgan fingerprint density at radius 3 is 2.45 bits per heavy atom. The Hall–Kier alpha value is -1.28.